The molecule has 0 radical (unpaired) electrons. The molecule has 2 aromatic carbocycles. The van der Waals surface area contributed by atoms with Crippen molar-refractivity contribution >= 4 is 22.4 Å². The summed E-state index contributed by atoms with van der Waals surface area (Å²) < 4.78 is 4.91. The van der Waals surface area contributed by atoms with Crippen molar-refractivity contribution in [2.75, 3.05) is 0 Å². The minimum absolute atomic E-state index is 0.0388. The van der Waals surface area contributed by atoms with Gasteiger partial charge in [0.05, 0.1) is 10.3 Å². The monoisotopic (exact) mass is 231 g/mol. The summed E-state index contributed by atoms with van der Waals surface area (Å²) in [5.41, 5.74) is 0.0388. The molecule has 17 heavy (non-hydrogen) atoms. The van der Waals surface area contributed by atoms with Gasteiger partial charge in [-0.2, -0.15) is 0 Å². The van der Waals surface area contributed by atoms with Gasteiger partial charge in [0.1, 0.15) is 5.75 Å². The van der Waals surface area contributed by atoms with Crippen molar-refractivity contribution in [3.63, 3.8) is 0 Å². The Bertz CT molecular complexity index is 606. The zero-order valence-electron chi connectivity index (χ0n) is 9.04. The number of fused-ring (bicyclic) bond motifs is 1. The van der Waals surface area contributed by atoms with E-state index in [2.05, 4.69) is 0 Å². The fraction of sp³-hybridized carbons (Fsp3) is 0.0833. The van der Waals surface area contributed by atoms with Gasteiger partial charge in [0.15, 0.2) is 0 Å². The fourth-order valence-electron chi connectivity index (χ4n) is 1.63. The first-order chi connectivity index (χ1) is 8.08. The number of nitrogens with zero attached hydrogens (tertiary/aromatic N) is 1. The van der Waals surface area contributed by atoms with E-state index < -0.39 is 10.9 Å². The zero-order valence-corrected chi connectivity index (χ0v) is 9.04. The fourth-order valence-corrected chi connectivity index (χ4v) is 1.63. The third-order valence-corrected chi connectivity index (χ3v) is 2.29. The number of carbonyl (C=O) groups is 1. The van der Waals surface area contributed by atoms with Crippen LogP contribution >= 0.6 is 0 Å². The molecule has 0 amide bonds. The van der Waals surface area contributed by atoms with E-state index in [0.29, 0.717) is 16.5 Å². The van der Waals surface area contributed by atoms with Gasteiger partial charge in [-0.1, -0.05) is 12.1 Å². The van der Waals surface area contributed by atoms with E-state index in [1.807, 2.05) is 0 Å². The number of benzene rings is 2. The molecule has 2 rings (SSSR count). The van der Waals surface area contributed by atoms with Crippen molar-refractivity contribution in [2.24, 2.45) is 0 Å². The molecular formula is C12H9NO4. The van der Waals surface area contributed by atoms with Crippen LogP contribution in [0, 0.1) is 10.1 Å². The quantitative estimate of drug-likeness (QED) is 0.345. The molecule has 0 aliphatic carbocycles. The van der Waals surface area contributed by atoms with Gasteiger partial charge >= 0.3 is 5.97 Å². The summed E-state index contributed by atoms with van der Waals surface area (Å²) in [4.78, 5) is 21.2. The Balaban J connectivity index is 2.56. The van der Waals surface area contributed by atoms with Crippen LogP contribution in [0.1, 0.15) is 6.92 Å². The van der Waals surface area contributed by atoms with Crippen molar-refractivity contribution in [3.8, 4) is 5.75 Å². The first kappa shape index (κ1) is 11.1. The second-order valence-corrected chi connectivity index (χ2v) is 3.51. The number of non-ortho nitro benzene ring substituents is 1. The molecule has 0 saturated heterocycles. The van der Waals surface area contributed by atoms with E-state index in [1.54, 1.807) is 24.3 Å². The summed E-state index contributed by atoms with van der Waals surface area (Å²) in [6.07, 6.45) is 0. The van der Waals surface area contributed by atoms with Crippen LogP contribution in [0.5, 0.6) is 5.75 Å². The summed E-state index contributed by atoms with van der Waals surface area (Å²) in [5.74, 6) is -0.0414. The number of hydrogen-bond donors (Lipinski definition) is 0. The van der Waals surface area contributed by atoms with Crippen LogP contribution < -0.4 is 4.74 Å². The Kier molecular flexibility index (Phi) is 2.74. The number of nitro groups is 1. The average Bonchev–Trinajstić information content (AvgIpc) is 2.26. The van der Waals surface area contributed by atoms with Crippen LogP contribution in [0.4, 0.5) is 5.69 Å². The van der Waals surface area contributed by atoms with Gasteiger partial charge in [-0.15, -0.1) is 0 Å². The number of hydrogen-bond acceptors (Lipinski definition) is 4. The van der Waals surface area contributed by atoms with Crippen molar-refractivity contribution < 1.29 is 14.5 Å². The normalized spacial score (nSPS) is 10.2. The van der Waals surface area contributed by atoms with E-state index in [9.17, 15) is 14.9 Å². The van der Waals surface area contributed by atoms with Crippen molar-refractivity contribution in [2.45, 2.75) is 6.92 Å². The molecule has 0 fully saturated rings. The predicted octanol–water partition coefficient (Wildman–Crippen LogP) is 2.67. The maximum atomic E-state index is 10.8. The topological polar surface area (TPSA) is 69.4 Å². The first-order valence-corrected chi connectivity index (χ1v) is 4.93. The number of ether oxygens (including phenoxy) is 1. The molecule has 0 aromatic heterocycles. The summed E-state index contributed by atoms with van der Waals surface area (Å²) in [6, 6.07) is 9.48. The maximum absolute atomic E-state index is 10.8. The molecule has 0 N–H and O–H groups in total. The van der Waals surface area contributed by atoms with Gasteiger partial charge in [-0.25, -0.2) is 0 Å². The first-order valence-electron chi connectivity index (χ1n) is 4.93. The lowest BCUT2D eigenvalue weighted by Crippen LogP contribution is -2.01. The van der Waals surface area contributed by atoms with Gasteiger partial charge in [0.25, 0.3) is 5.69 Å². The highest BCUT2D eigenvalue weighted by Gasteiger charge is 2.11. The highest BCUT2D eigenvalue weighted by molar-refractivity contribution is 5.92. The van der Waals surface area contributed by atoms with Gasteiger partial charge in [0, 0.05) is 13.0 Å². The van der Waals surface area contributed by atoms with Gasteiger partial charge < -0.3 is 4.74 Å². The lowest BCUT2D eigenvalue weighted by atomic mass is 10.1. The summed E-state index contributed by atoms with van der Waals surface area (Å²) in [6.45, 7) is 1.30. The summed E-state index contributed by atoms with van der Waals surface area (Å²) in [7, 11) is 0. The molecule has 5 nitrogen and oxygen atoms in total. The van der Waals surface area contributed by atoms with Crippen LogP contribution in [0.3, 0.4) is 0 Å². The standard InChI is InChI=1S/C12H9NO4/c1-8(14)17-10-5-6-11-9(7-10)3-2-4-12(11)13(15)16/h2-7H,1H3. The molecule has 0 atom stereocenters. The Morgan fingerprint density at radius 2 is 2.06 bits per heavy atom. The van der Waals surface area contributed by atoms with Gasteiger partial charge in [-0.3, -0.25) is 14.9 Å². The van der Waals surface area contributed by atoms with Crippen LogP contribution in [0.2, 0.25) is 0 Å². The Hall–Kier alpha value is -2.43. The largest absolute Gasteiger partial charge is 0.427 e. The zero-order chi connectivity index (χ0) is 12.4. The molecule has 0 aliphatic heterocycles. The molecule has 0 aliphatic rings. The van der Waals surface area contributed by atoms with E-state index in [4.69, 9.17) is 4.74 Å². The highest BCUT2D eigenvalue weighted by atomic mass is 16.6. The van der Waals surface area contributed by atoms with Crippen molar-refractivity contribution in [1.29, 1.82) is 0 Å². The van der Waals surface area contributed by atoms with Gasteiger partial charge in [-0.05, 0) is 23.6 Å². The van der Waals surface area contributed by atoms with E-state index >= 15 is 0 Å². The van der Waals surface area contributed by atoms with Crippen LogP contribution in [0.15, 0.2) is 36.4 Å². The van der Waals surface area contributed by atoms with Crippen LogP contribution in [-0.4, -0.2) is 10.9 Å². The summed E-state index contributed by atoms with van der Waals surface area (Å²) in [5, 5.41) is 12.0. The number of esters is 1. The molecule has 0 heterocycles. The second kappa shape index (κ2) is 4.21. The van der Waals surface area contributed by atoms with Gasteiger partial charge in [0.2, 0.25) is 0 Å². The van der Waals surface area contributed by atoms with Crippen molar-refractivity contribution in [3.05, 3.63) is 46.5 Å². The molecule has 0 unspecified atom stereocenters. The van der Waals surface area contributed by atoms with Crippen LogP contribution in [-0.2, 0) is 4.79 Å². The maximum Gasteiger partial charge on any atom is 0.308 e. The molecule has 0 spiro atoms. The smallest absolute Gasteiger partial charge is 0.308 e. The SMILES string of the molecule is CC(=O)Oc1ccc2c([N+](=O)[O-])cccc2c1. The molecule has 86 valence electrons. The van der Waals surface area contributed by atoms with Crippen molar-refractivity contribution in [1.82, 2.24) is 0 Å². The lowest BCUT2D eigenvalue weighted by molar-refractivity contribution is -0.383. The number of carbonyl (C=O) groups excluding carboxylic acids is 1. The number of nitro benzene ring substituents is 1. The van der Waals surface area contributed by atoms with E-state index in [1.165, 1.54) is 19.1 Å². The highest BCUT2D eigenvalue weighted by Crippen LogP contribution is 2.28. The molecule has 2 aromatic rings. The Morgan fingerprint density at radius 1 is 1.29 bits per heavy atom. The average molecular weight is 231 g/mol. The molecular weight excluding hydrogens is 222 g/mol. The minimum atomic E-state index is -0.437. The van der Waals surface area contributed by atoms with E-state index in [0.717, 1.165) is 0 Å². The molecule has 0 saturated carbocycles. The lowest BCUT2D eigenvalue weighted by Gasteiger charge is -2.03. The van der Waals surface area contributed by atoms with E-state index in [-0.39, 0.29) is 5.69 Å². The predicted molar refractivity (Wildman–Crippen MR) is 61.9 cm³/mol. The Labute approximate surface area is 96.8 Å². The minimum Gasteiger partial charge on any atom is -0.427 e. The Morgan fingerprint density at radius 3 is 2.71 bits per heavy atom. The van der Waals surface area contributed by atoms with Crippen LogP contribution in [0.25, 0.3) is 10.8 Å². The third-order valence-electron chi connectivity index (χ3n) is 2.29. The third kappa shape index (κ3) is 2.23. The number of rotatable bonds is 2. The second-order valence-electron chi connectivity index (χ2n) is 3.51. The molecule has 5 heteroatoms. The summed E-state index contributed by atoms with van der Waals surface area (Å²) >= 11 is 0. The molecule has 0 bridgehead atoms.